The first-order chi connectivity index (χ1) is 14.5. The molecule has 0 saturated heterocycles. The Morgan fingerprint density at radius 1 is 0.800 bits per heavy atom. The van der Waals surface area contributed by atoms with Crippen molar-refractivity contribution in [3.8, 4) is 0 Å². The fraction of sp³-hybridized carbons (Fsp3) is 0.0870. The standard InChI is InChI=1S/C23H19FN2O4/c1-30-14-21(27)25-17-10-12-18(13-11-17)26-23(29)20-5-3-2-4-19(20)22(28)15-6-8-16(24)9-7-15/h2-13H,14H2,1H3,(H,25,27)(H,26,29). The Labute approximate surface area is 172 Å². The number of carbonyl (C=O) groups is 3. The van der Waals surface area contributed by atoms with Gasteiger partial charge in [-0.25, -0.2) is 4.39 Å². The topological polar surface area (TPSA) is 84.5 Å². The maximum atomic E-state index is 13.1. The van der Waals surface area contributed by atoms with E-state index in [2.05, 4.69) is 10.6 Å². The highest BCUT2D eigenvalue weighted by Crippen LogP contribution is 2.19. The summed E-state index contributed by atoms with van der Waals surface area (Å²) in [5.41, 5.74) is 1.75. The minimum atomic E-state index is -0.461. The van der Waals surface area contributed by atoms with Gasteiger partial charge in [0.05, 0.1) is 5.56 Å². The van der Waals surface area contributed by atoms with Crippen LogP contribution in [0, 0.1) is 5.82 Å². The number of methoxy groups -OCH3 is 1. The molecule has 0 unspecified atom stereocenters. The van der Waals surface area contributed by atoms with Crippen molar-refractivity contribution < 1.29 is 23.5 Å². The normalized spacial score (nSPS) is 10.3. The highest BCUT2D eigenvalue weighted by molar-refractivity contribution is 6.17. The van der Waals surface area contributed by atoms with Crippen LogP contribution < -0.4 is 10.6 Å². The van der Waals surface area contributed by atoms with Gasteiger partial charge in [0.2, 0.25) is 5.91 Å². The second-order valence-corrected chi connectivity index (χ2v) is 6.39. The summed E-state index contributed by atoms with van der Waals surface area (Å²) in [4.78, 5) is 37.1. The van der Waals surface area contributed by atoms with Crippen molar-refractivity contribution in [3.63, 3.8) is 0 Å². The molecule has 7 heteroatoms. The number of amides is 2. The Hall–Kier alpha value is -3.84. The van der Waals surface area contributed by atoms with Crippen LogP contribution in [0.5, 0.6) is 0 Å². The summed E-state index contributed by atoms with van der Waals surface area (Å²) in [6.45, 7) is -0.0582. The molecule has 3 aromatic rings. The van der Waals surface area contributed by atoms with Crippen molar-refractivity contribution in [2.45, 2.75) is 0 Å². The fourth-order valence-corrected chi connectivity index (χ4v) is 2.80. The molecule has 6 nitrogen and oxygen atoms in total. The second-order valence-electron chi connectivity index (χ2n) is 6.39. The Morgan fingerprint density at radius 2 is 1.37 bits per heavy atom. The molecule has 30 heavy (non-hydrogen) atoms. The van der Waals surface area contributed by atoms with Crippen molar-refractivity contribution in [2.75, 3.05) is 24.4 Å². The zero-order valence-corrected chi connectivity index (χ0v) is 16.1. The van der Waals surface area contributed by atoms with Gasteiger partial charge in [0.25, 0.3) is 5.91 Å². The zero-order valence-electron chi connectivity index (χ0n) is 16.1. The number of hydrogen-bond acceptors (Lipinski definition) is 4. The molecular weight excluding hydrogens is 387 g/mol. The third kappa shape index (κ3) is 5.15. The highest BCUT2D eigenvalue weighted by atomic mass is 19.1. The van der Waals surface area contributed by atoms with E-state index in [1.54, 1.807) is 48.5 Å². The number of ether oxygens (including phenoxy) is 1. The largest absolute Gasteiger partial charge is 0.375 e. The molecule has 0 aliphatic rings. The van der Waals surface area contributed by atoms with Crippen LogP contribution in [0.2, 0.25) is 0 Å². The molecule has 0 aliphatic carbocycles. The van der Waals surface area contributed by atoms with Gasteiger partial charge in [-0.2, -0.15) is 0 Å². The van der Waals surface area contributed by atoms with Crippen LogP contribution in [0.1, 0.15) is 26.3 Å². The second kappa shape index (κ2) is 9.58. The van der Waals surface area contributed by atoms with Crippen LogP contribution in [0.3, 0.4) is 0 Å². The molecule has 0 fully saturated rings. The van der Waals surface area contributed by atoms with E-state index in [9.17, 15) is 18.8 Å². The fourth-order valence-electron chi connectivity index (χ4n) is 2.80. The van der Waals surface area contributed by atoms with Crippen LogP contribution in [0.4, 0.5) is 15.8 Å². The lowest BCUT2D eigenvalue weighted by Crippen LogP contribution is -2.18. The SMILES string of the molecule is COCC(=O)Nc1ccc(NC(=O)c2ccccc2C(=O)c2ccc(F)cc2)cc1. The number of halogens is 1. The predicted octanol–water partition coefficient (Wildman–Crippen LogP) is 3.89. The molecule has 0 atom stereocenters. The third-order valence-electron chi connectivity index (χ3n) is 4.22. The first kappa shape index (κ1) is 20.9. The average molecular weight is 406 g/mol. The average Bonchev–Trinajstić information content (AvgIpc) is 2.75. The number of carbonyl (C=O) groups excluding carboxylic acids is 3. The molecule has 2 N–H and O–H groups in total. The smallest absolute Gasteiger partial charge is 0.256 e. The summed E-state index contributed by atoms with van der Waals surface area (Å²) in [6.07, 6.45) is 0. The molecule has 0 radical (unpaired) electrons. The maximum absolute atomic E-state index is 13.1. The Bertz CT molecular complexity index is 1060. The zero-order chi connectivity index (χ0) is 21.5. The number of benzene rings is 3. The monoisotopic (exact) mass is 406 g/mol. The van der Waals surface area contributed by atoms with E-state index in [0.29, 0.717) is 11.4 Å². The van der Waals surface area contributed by atoms with Crippen molar-refractivity contribution in [1.29, 1.82) is 0 Å². The number of nitrogens with one attached hydrogen (secondary N) is 2. The van der Waals surface area contributed by atoms with E-state index < -0.39 is 11.7 Å². The summed E-state index contributed by atoms with van der Waals surface area (Å²) in [5, 5.41) is 5.38. The van der Waals surface area contributed by atoms with Gasteiger partial charge in [-0.05, 0) is 54.6 Å². The minimum Gasteiger partial charge on any atom is -0.375 e. The van der Waals surface area contributed by atoms with Gasteiger partial charge < -0.3 is 15.4 Å². The van der Waals surface area contributed by atoms with Gasteiger partial charge in [0.1, 0.15) is 12.4 Å². The molecule has 3 rings (SSSR count). The molecule has 0 spiro atoms. The van der Waals surface area contributed by atoms with Gasteiger partial charge >= 0.3 is 0 Å². The molecule has 0 heterocycles. The van der Waals surface area contributed by atoms with Gasteiger partial charge in [0, 0.05) is 29.6 Å². The van der Waals surface area contributed by atoms with E-state index in [4.69, 9.17) is 4.74 Å². The lowest BCUT2D eigenvalue weighted by molar-refractivity contribution is -0.119. The molecule has 152 valence electrons. The molecule has 2 amide bonds. The van der Waals surface area contributed by atoms with Gasteiger partial charge in [-0.3, -0.25) is 14.4 Å². The third-order valence-corrected chi connectivity index (χ3v) is 4.22. The summed E-state index contributed by atoms with van der Waals surface area (Å²) in [5.74, 6) is -1.57. The van der Waals surface area contributed by atoms with Crippen molar-refractivity contribution in [2.24, 2.45) is 0 Å². The Balaban J connectivity index is 1.75. The van der Waals surface area contributed by atoms with Crippen molar-refractivity contribution in [1.82, 2.24) is 0 Å². The van der Waals surface area contributed by atoms with E-state index >= 15 is 0 Å². The highest BCUT2D eigenvalue weighted by Gasteiger charge is 2.18. The van der Waals surface area contributed by atoms with Crippen molar-refractivity contribution >= 4 is 29.0 Å². The number of rotatable bonds is 7. The maximum Gasteiger partial charge on any atom is 0.256 e. The van der Waals surface area contributed by atoms with Gasteiger partial charge in [-0.1, -0.05) is 18.2 Å². The first-order valence-corrected chi connectivity index (χ1v) is 9.07. The van der Waals surface area contributed by atoms with Crippen LogP contribution in [-0.4, -0.2) is 31.3 Å². The van der Waals surface area contributed by atoms with Crippen LogP contribution in [0.15, 0.2) is 72.8 Å². The molecular formula is C23H19FN2O4. The number of ketones is 1. The molecule has 0 aliphatic heterocycles. The quantitative estimate of drug-likeness (QED) is 0.583. The first-order valence-electron chi connectivity index (χ1n) is 9.07. The van der Waals surface area contributed by atoms with Gasteiger partial charge in [0.15, 0.2) is 5.78 Å². The molecule has 0 aromatic heterocycles. The van der Waals surface area contributed by atoms with Crippen LogP contribution >= 0.6 is 0 Å². The van der Waals surface area contributed by atoms with E-state index in [1.165, 1.54) is 31.4 Å². The number of hydrogen-bond donors (Lipinski definition) is 2. The summed E-state index contributed by atoms with van der Waals surface area (Å²) < 4.78 is 17.9. The number of anilines is 2. The van der Waals surface area contributed by atoms with Crippen molar-refractivity contribution in [3.05, 3.63) is 95.3 Å². The van der Waals surface area contributed by atoms with E-state index in [-0.39, 0.29) is 35.0 Å². The van der Waals surface area contributed by atoms with Gasteiger partial charge in [-0.15, -0.1) is 0 Å². The van der Waals surface area contributed by atoms with Crippen LogP contribution in [-0.2, 0) is 9.53 Å². The van der Waals surface area contributed by atoms with Crippen LogP contribution in [0.25, 0.3) is 0 Å². The minimum absolute atomic E-state index is 0.0582. The predicted molar refractivity (Wildman–Crippen MR) is 111 cm³/mol. The van der Waals surface area contributed by atoms with E-state index in [0.717, 1.165) is 0 Å². The lowest BCUT2D eigenvalue weighted by atomic mass is 9.98. The molecule has 0 saturated carbocycles. The molecule has 3 aromatic carbocycles. The Morgan fingerprint density at radius 3 is 1.97 bits per heavy atom. The summed E-state index contributed by atoms with van der Waals surface area (Å²) in [6, 6.07) is 18.1. The lowest BCUT2D eigenvalue weighted by Gasteiger charge is -2.11. The summed E-state index contributed by atoms with van der Waals surface area (Å²) >= 11 is 0. The Kier molecular flexibility index (Phi) is 6.67. The van der Waals surface area contributed by atoms with E-state index in [1.807, 2.05) is 0 Å². The summed E-state index contributed by atoms with van der Waals surface area (Å²) in [7, 11) is 1.43. The molecule has 0 bridgehead atoms.